The van der Waals surface area contributed by atoms with E-state index in [-0.39, 0.29) is 0 Å². The first kappa shape index (κ1) is 36.3. The van der Waals surface area contributed by atoms with Gasteiger partial charge < -0.3 is 4.42 Å². The molecule has 0 saturated carbocycles. The number of nitrogens with zero attached hydrogens (tertiary/aromatic N) is 5. The van der Waals surface area contributed by atoms with E-state index in [0.29, 0.717) is 17.5 Å². The van der Waals surface area contributed by atoms with E-state index in [1.165, 1.54) is 5.56 Å². The van der Waals surface area contributed by atoms with E-state index in [2.05, 4.69) is 152 Å². The lowest BCUT2D eigenvalue weighted by molar-refractivity contribution is 0.669. The normalized spacial score (nSPS) is 11.5. The van der Waals surface area contributed by atoms with Crippen molar-refractivity contribution in [2.75, 3.05) is 0 Å². The summed E-state index contributed by atoms with van der Waals surface area (Å²) in [5.41, 5.74) is 16.8. The van der Waals surface area contributed by atoms with E-state index in [4.69, 9.17) is 29.3 Å². The molecule has 0 spiro atoms. The number of benzene rings is 9. The number of hydrogen-bond donors (Lipinski definition) is 0. The van der Waals surface area contributed by atoms with Gasteiger partial charge in [0.05, 0.1) is 22.1 Å². The molecular formula is C57H35N5O. The molecule has 6 nitrogen and oxygen atoms in total. The van der Waals surface area contributed by atoms with Crippen LogP contribution >= 0.6 is 0 Å². The van der Waals surface area contributed by atoms with Gasteiger partial charge >= 0.3 is 0 Å². The molecule has 0 aliphatic rings. The lowest BCUT2D eigenvalue weighted by Crippen LogP contribution is -2.00. The molecular weight excluding hydrogens is 771 g/mol. The number of aromatic nitrogens is 5. The fraction of sp³-hybridized carbons (Fsp3) is 0. The van der Waals surface area contributed by atoms with Crippen molar-refractivity contribution >= 4 is 44.0 Å². The average Bonchev–Trinajstić information content (AvgIpc) is 3.72. The molecule has 0 bridgehead atoms. The van der Waals surface area contributed by atoms with Gasteiger partial charge in [-0.25, -0.2) is 24.9 Å². The predicted octanol–water partition coefficient (Wildman–Crippen LogP) is 14.5. The first-order valence-electron chi connectivity index (χ1n) is 21.0. The summed E-state index contributed by atoms with van der Waals surface area (Å²) in [6.07, 6.45) is 0. The van der Waals surface area contributed by atoms with Gasteiger partial charge in [-0.05, 0) is 80.9 Å². The first-order chi connectivity index (χ1) is 31.1. The van der Waals surface area contributed by atoms with Gasteiger partial charge in [-0.2, -0.15) is 0 Å². The third kappa shape index (κ3) is 6.86. The van der Waals surface area contributed by atoms with Crippen LogP contribution in [0.3, 0.4) is 0 Å². The van der Waals surface area contributed by atoms with Crippen LogP contribution in [0.15, 0.2) is 217 Å². The highest BCUT2D eigenvalue weighted by atomic mass is 16.3. The molecule has 0 unspecified atom stereocenters. The Morgan fingerprint density at radius 1 is 0.222 bits per heavy atom. The van der Waals surface area contributed by atoms with Crippen molar-refractivity contribution in [2.24, 2.45) is 0 Å². The van der Waals surface area contributed by atoms with E-state index in [1.807, 2.05) is 60.7 Å². The summed E-state index contributed by atoms with van der Waals surface area (Å²) in [7, 11) is 0. The molecule has 0 fully saturated rings. The maximum Gasteiger partial charge on any atom is 0.164 e. The molecule has 12 rings (SSSR count). The molecule has 0 aliphatic heterocycles. The van der Waals surface area contributed by atoms with E-state index in [9.17, 15) is 0 Å². The topological polar surface area (TPSA) is 77.6 Å². The van der Waals surface area contributed by atoms with E-state index in [1.54, 1.807) is 0 Å². The summed E-state index contributed by atoms with van der Waals surface area (Å²) in [6.45, 7) is 0. The molecule has 0 radical (unpaired) electrons. The molecule has 9 aromatic carbocycles. The van der Waals surface area contributed by atoms with Crippen molar-refractivity contribution in [3.8, 4) is 78.7 Å². The van der Waals surface area contributed by atoms with Gasteiger partial charge in [0.1, 0.15) is 11.2 Å². The smallest absolute Gasteiger partial charge is 0.164 e. The second-order valence-electron chi connectivity index (χ2n) is 15.7. The van der Waals surface area contributed by atoms with E-state index < -0.39 is 0 Å². The van der Waals surface area contributed by atoms with Crippen LogP contribution in [0.25, 0.3) is 123 Å². The van der Waals surface area contributed by atoms with Crippen molar-refractivity contribution < 1.29 is 4.42 Å². The predicted molar refractivity (Wildman–Crippen MR) is 256 cm³/mol. The second-order valence-corrected chi connectivity index (χ2v) is 15.7. The summed E-state index contributed by atoms with van der Waals surface area (Å²) < 4.78 is 6.14. The third-order valence-electron chi connectivity index (χ3n) is 11.7. The Morgan fingerprint density at radius 2 is 0.635 bits per heavy atom. The Balaban J connectivity index is 0.837. The molecule has 0 amide bonds. The number of fused-ring (bicyclic) bond motifs is 5. The summed E-state index contributed by atoms with van der Waals surface area (Å²) in [4.78, 5) is 25.0. The van der Waals surface area contributed by atoms with Gasteiger partial charge in [-0.3, -0.25) is 0 Å². The lowest BCUT2D eigenvalue weighted by Gasteiger charge is -2.11. The molecule has 0 aliphatic carbocycles. The molecule has 294 valence electrons. The summed E-state index contributed by atoms with van der Waals surface area (Å²) in [5, 5.41) is 2.14. The fourth-order valence-electron chi connectivity index (χ4n) is 8.44. The molecule has 12 aromatic rings. The van der Waals surface area contributed by atoms with Gasteiger partial charge in [-0.1, -0.05) is 170 Å². The van der Waals surface area contributed by atoms with Crippen molar-refractivity contribution in [1.82, 2.24) is 24.9 Å². The number of furan rings is 1. The van der Waals surface area contributed by atoms with Crippen LogP contribution in [-0.4, -0.2) is 24.9 Å². The SMILES string of the molecule is c1ccc(-c2ccc(-c3nc(-c4ccccc4)nc(-c4cccc(-c5cccc(-c6ccc(-c7ccc8nc9cc%10c(cc9nc8c7)oc7ccccc7%10)cc6)c5)c4)n3)cc2)cc1. The maximum atomic E-state index is 6.14. The van der Waals surface area contributed by atoms with Crippen molar-refractivity contribution in [3.63, 3.8) is 0 Å². The maximum absolute atomic E-state index is 6.14. The van der Waals surface area contributed by atoms with E-state index >= 15 is 0 Å². The van der Waals surface area contributed by atoms with Crippen molar-refractivity contribution in [3.05, 3.63) is 212 Å². The third-order valence-corrected chi connectivity index (χ3v) is 11.7. The van der Waals surface area contributed by atoms with Crippen LogP contribution in [0, 0.1) is 0 Å². The molecule has 3 aromatic heterocycles. The Morgan fingerprint density at radius 3 is 1.32 bits per heavy atom. The first-order valence-corrected chi connectivity index (χ1v) is 21.0. The Kier molecular flexibility index (Phi) is 8.71. The minimum Gasteiger partial charge on any atom is -0.456 e. The average molecular weight is 806 g/mol. The molecule has 0 atom stereocenters. The monoisotopic (exact) mass is 805 g/mol. The molecule has 0 N–H and O–H groups in total. The van der Waals surface area contributed by atoms with Crippen LogP contribution in [0.5, 0.6) is 0 Å². The Labute approximate surface area is 362 Å². The summed E-state index contributed by atoms with van der Waals surface area (Å²) >= 11 is 0. The number of rotatable bonds is 7. The largest absolute Gasteiger partial charge is 0.456 e. The van der Waals surface area contributed by atoms with Crippen LogP contribution < -0.4 is 0 Å². The fourth-order valence-corrected chi connectivity index (χ4v) is 8.44. The zero-order valence-electron chi connectivity index (χ0n) is 33.9. The van der Waals surface area contributed by atoms with Gasteiger partial charge in [0.25, 0.3) is 0 Å². The second kappa shape index (κ2) is 15.1. The highest BCUT2D eigenvalue weighted by molar-refractivity contribution is 6.09. The summed E-state index contributed by atoms with van der Waals surface area (Å²) in [6, 6.07) is 73.2. The zero-order valence-corrected chi connectivity index (χ0v) is 33.9. The zero-order chi connectivity index (χ0) is 41.7. The highest BCUT2D eigenvalue weighted by Crippen LogP contribution is 2.35. The van der Waals surface area contributed by atoms with Crippen LogP contribution in [-0.2, 0) is 0 Å². The van der Waals surface area contributed by atoms with Crippen molar-refractivity contribution in [2.45, 2.75) is 0 Å². The summed E-state index contributed by atoms with van der Waals surface area (Å²) in [5.74, 6) is 1.88. The van der Waals surface area contributed by atoms with Crippen LogP contribution in [0.4, 0.5) is 0 Å². The van der Waals surface area contributed by atoms with Gasteiger partial charge in [0.15, 0.2) is 17.5 Å². The van der Waals surface area contributed by atoms with E-state index in [0.717, 1.165) is 99.6 Å². The molecule has 6 heteroatoms. The Hall–Kier alpha value is -8.61. The number of para-hydroxylation sites is 1. The van der Waals surface area contributed by atoms with Crippen molar-refractivity contribution in [1.29, 1.82) is 0 Å². The molecule has 63 heavy (non-hydrogen) atoms. The van der Waals surface area contributed by atoms with Gasteiger partial charge in [-0.15, -0.1) is 0 Å². The molecule has 3 heterocycles. The van der Waals surface area contributed by atoms with Crippen LogP contribution in [0.2, 0.25) is 0 Å². The lowest BCUT2D eigenvalue weighted by atomic mass is 9.96. The van der Waals surface area contributed by atoms with Crippen LogP contribution in [0.1, 0.15) is 0 Å². The minimum atomic E-state index is 0.621. The number of hydrogen-bond acceptors (Lipinski definition) is 6. The quantitative estimate of drug-likeness (QED) is 0.149. The molecule has 0 saturated heterocycles. The van der Waals surface area contributed by atoms with Gasteiger partial charge in [0, 0.05) is 33.5 Å². The van der Waals surface area contributed by atoms with Gasteiger partial charge in [0.2, 0.25) is 0 Å². The standard InChI is InChI=1S/C57H35N5O/c1-3-11-36(12-4-1)37-25-27-41(28-26-37)56-60-55(40-13-5-2-6-14-40)61-57(62-56)46-18-10-17-44(32-46)43-16-9-15-42(31-43)38-21-23-39(24-22-38)45-29-30-49-50(33-45)59-52-35-54-48(34-51(52)58-49)47-19-7-8-20-53(47)63-54/h1-35H. The minimum absolute atomic E-state index is 0.621. The highest BCUT2D eigenvalue weighted by Gasteiger charge is 2.15. The Bertz CT molecular complexity index is 3660.